The van der Waals surface area contributed by atoms with Gasteiger partial charge in [0, 0.05) is 24.2 Å². The third-order valence-corrected chi connectivity index (χ3v) is 5.14. The molecular weight excluding hydrogens is 338 g/mol. The van der Waals surface area contributed by atoms with Crippen LogP contribution in [0.5, 0.6) is 11.5 Å². The lowest BCUT2D eigenvalue weighted by molar-refractivity contribution is -0.129. The average Bonchev–Trinajstić information content (AvgIpc) is 3.55. The van der Waals surface area contributed by atoms with Crippen LogP contribution in [0.25, 0.3) is 6.08 Å². The van der Waals surface area contributed by atoms with Gasteiger partial charge in [0.1, 0.15) is 11.5 Å². The maximum absolute atomic E-state index is 13.0. The number of ether oxygens (including phenoxy) is 2. The molecule has 0 aromatic heterocycles. The molecule has 4 heteroatoms. The molecule has 1 amide bonds. The summed E-state index contributed by atoms with van der Waals surface area (Å²) in [6.07, 6.45) is 5.88. The molecule has 1 unspecified atom stereocenters. The lowest BCUT2D eigenvalue weighted by Crippen LogP contribution is -2.38. The summed E-state index contributed by atoms with van der Waals surface area (Å²) < 4.78 is 10.6. The number of amides is 1. The highest BCUT2D eigenvalue weighted by Gasteiger charge is 2.33. The molecule has 4 nitrogen and oxygen atoms in total. The predicted octanol–water partition coefficient (Wildman–Crippen LogP) is 4.54. The SMILES string of the molecule is COc1ccc(CN(C(=O)C=Cc2ccccc2OC)C(C)C2CC2)cc1. The minimum absolute atomic E-state index is 0.0242. The Morgan fingerprint density at radius 1 is 1.11 bits per heavy atom. The molecule has 0 saturated heterocycles. The summed E-state index contributed by atoms with van der Waals surface area (Å²) in [5.41, 5.74) is 2.00. The van der Waals surface area contributed by atoms with Crippen LogP contribution in [0.4, 0.5) is 0 Å². The molecule has 1 atom stereocenters. The number of para-hydroxylation sites is 1. The maximum atomic E-state index is 13.0. The van der Waals surface area contributed by atoms with Crippen molar-refractivity contribution in [1.82, 2.24) is 4.90 Å². The lowest BCUT2D eigenvalue weighted by atomic mass is 10.1. The van der Waals surface area contributed by atoms with Gasteiger partial charge in [-0.3, -0.25) is 4.79 Å². The van der Waals surface area contributed by atoms with Gasteiger partial charge < -0.3 is 14.4 Å². The Bertz CT molecular complexity index is 794. The van der Waals surface area contributed by atoms with Crippen molar-refractivity contribution in [3.8, 4) is 11.5 Å². The van der Waals surface area contributed by atoms with E-state index in [1.54, 1.807) is 20.3 Å². The van der Waals surface area contributed by atoms with Crippen LogP contribution in [-0.2, 0) is 11.3 Å². The van der Waals surface area contributed by atoms with Gasteiger partial charge in [-0.25, -0.2) is 0 Å². The molecule has 1 aliphatic rings. The second-order valence-electron chi connectivity index (χ2n) is 6.97. The van der Waals surface area contributed by atoms with Gasteiger partial charge in [0.2, 0.25) is 5.91 Å². The molecule has 0 bridgehead atoms. The Hall–Kier alpha value is -2.75. The fraction of sp³-hybridized carbons (Fsp3) is 0.348. The van der Waals surface area contributed by atoms with Crippen molar-refractivity contribution in [3.05, 3.63) is 65.7 Å². The molecule has 0 heterocycles. The van der Waals surface area contributed by atoms with Gasteiger partial charge in [-0.05, 0) is 55.5 Å². The second kappa shape index (κ2) is 8.76. The highest BCUT2D eigenvalue weighted by atomic mass is 16.5. The molecule has 2 aromatic rings. The summed E-state index contributed by atoms with van der Waals surface area (Å²) in [4.78, 5) is 15.0. The van der Waals surface area contributed by atoms with E-state index >= 15 is 0 Å². The van der Waals surface area contributed by atoms with Crippen LogP contribution in [0.2, 0.25) is 0 Å². The van der Waals surface area contributed by atoms with E-state index in [0.717, 1.165) is 22.6 Å². The van der Waals surface area contributed by atoms with Crippen LogP contribution in [0.3, 0.4) is 0 Å². The number of hydrogen-bond donors (Lipinski definition) is 0. The second-order valence-corrected chi connectivity index (χ2v) is 6.97. The Labute approximate surface area is 161 Å². The molecule has 0 aliphatic heterocycles. The van der Waals surface area contributed by atoms with Gasteiger partial charge in [0.15, 0.2) is 0 Å². The van der Waals surface area contributed by atoms with Gasteiger partial charge in [0.05, 0.1) is 14.2 Å². The van der Waals surface area contributed by atoms with E-state index in [9.17, 15) is 4.79 Å². The van der Waals surface area contributed by atoms with E-state index in [1.165, 1.54) is 12.8 Å². The van der Waals surface area contributed by atoms with Gasteiger partial charge in [-0.1, -0.05) is 30.3 Å². The van der Waals surface area contributed by atoms with E-state index in [4.69, 9.17) is 9.47 Å². The zero-order valence-corrected chi connectivity index (χ0v) is 16.2. The largest absolute Gasteiger partial charge is 0.497 e. The van der Waals surface area contributed by atoms with E-state index < -0.39 is 0 Å². The Kier molecular flexibility index (Phi) is 6.17. The first-order chi connectivity index (χ1) is 13.1. The van der Waals surface area contributed by atoms with E-state index in [2.05, 4.69) is 6.92 Å². The van der Waals surface area contributed by atoms with Crippen LogP contribution < -0.4 is 9.47 Å². The van der Waals surface area contributed by atoms with Crippen molar-refractivity contribution in [1.29, 1.82) is 0 Å². The van der Waals surface area contributed by atoms with Gasteiger partial charge in [-0.15, -0.1) is 0 Å². The smallest absolute Gasteiger partial charge is 0.247 e. The van der Waals surface area contributed by atoms with Crippen molar-refractivity contribution < 1.29 is 14.3 Å². The number of nitrogens with zero attached hydrogens (tertiary/aromatic N) is 1. The summed E-state index contributed by atoms with van der Waals surface area (Å²) >= 11 is 0. The van der Waals surface area contributed by atoms with Crippen molar-refractivity contribution >= 4 is 12.0 Å². The minimum atomic E-state index is 0.0242. The summed E-state index contributed by atoms with van der Waals surface area (Å²) in [6, 6.07) is 15.8. The third kappa shape index (κ3) is 4.91. The van der Waals surface area contributed by atoms with Gasteiger partial charge in [-0.2, -0.15) is 0 Å². The number of carbonyl (C=O) groups is 1. The van der Waals surface area contributed by atoms with Crippen molar-refractivity contribution in [2.45, 2.75) is 32.4 Å². The number of rotatable bonds is 8. The Morgan fingerprint density at radius 2 is 1.81 bits per heavy atom. The molecular formula is C23H27NO3. The standard InChI is InChI=1S/C23H27NO3/c1-17(19-10-11-19)24(16-18-8-13-21(26-2)14-9-18)23(25)15-12-20-6-4-5-7-22(20)27-3/h4-9,12-15,17,19H,10-11,16H2,1-3H3. The number of carbonyl (C=O) groups excluding carboxylic acids is 1. The Morgan fingerprint density at radius 3 is 2.44 bits per heavy atom. The van der Waals surface area contributed by atoms with E-state index in [1.807, 2.05) is 59.5 Å². The zero-order valence-electron chi connectivity index (χ0n) is 16.2. The molecule has 0 radical (unpaired) electrons. The van der Waals surface area contributed by atoms with E-state index in [0.29, 0.717) is 12.5 Å². The van der Waals surface area contributed by atoms with Gasteiger partial charge in [0.25, 0.3) is 0 Å². The first-order valence-electron chi connectivity index (χ1n) is 9.37. The summed E-state index contributed by atoms with van der Waals surface area (Å²) in [5, 5.41) is 0. The molecule has 27 heavy (non-hydrogen) atoms. The average molecular weight is 365 g/mol. The normalized spacial score (nSPS) is 14.8. The molecule has 3 rings (SSSR count). The fourth-order valence-corrected chi connectivity index (χ4v) is 3.24. The maximum Gasteiger partial charge on any atom is 0.247 e. The zero-order chi connectivity index (χ0) is 19.2. The highest BCUT2D eigenvalue weighted by Crippen LogP contribution is 2.36. The molecule has 1 aliphatic carbocycles. The quantitative estimate of drug-likeness (QED) is 0.645. The number of hydrogen-bond acceptors (Lipinski definition) is 3. The molecule has 0 spiro atoms. The summed E-state index contributed by atoms with van der Waals surface area (Å²) in [7, 11) is 3.29. The Balaban J connectivity index is 1.77. The monoisotopic (exact) mass is 365 g/mol. The van der Waals surface area contributed by atoms with Crippen LogP contribution in [0.1, 0.15) is 30.9 Å². The molecule has 1 fully saturated rings. The van der Waals surface area contributed by atoms with E-state index in [-0.39, 0.29) is 11.9 Å². The van der Waals surface area contributed by atoms with Crippen molar-refractivity contribution in [2.24, 2.45) is 5.92 Å². The van der Waals surface area contributed by atoms with Crippen LogP contribution >= 0.6 is 0 Å². The predicted molar refractivity (Wildman–Crippen MR) is 108 cm³/mol. The topological polar surface area (TPSA) is 38.8 Å². The fourth-order valence-electron chi connectivity index (χ4n) is 3.24. The molecule has 142 valence electrons. The number of methoxy groups -OCH3 is 2. The summed E-state index contributed by atoms with van der Waals surface area (Å²) in [5.74, 6) is 2.21. The molecule has 1 saturated carbocycles. The lowest BCUT2D eigenvalue weighted by Gasteiger charge is -2.28. The van der Waals surface area contributed by atoms with Crippen LogP contribution in [0, 0.1) is 5.92 Å². The first-order valence-corrected chi connectivity index (χ1v) is 9.37. The third-order valence-electron chi connectivity index (χ3n) is 5.14. The molecule has 0 N–H and O–H groups in total. The van der Waals surface area contributed by atoms with Gasteiger partial charge >= 0.3 is 0 Å². The highest BCUT2D eigenvalue weighted by molar-refractivity contribution is 5.92. The van der Waals surface area contributed by atoms with Crippen molar-refractivity contribution in [2.75, 3.05) is 14.2 Å². The summed E-state index contributed by atoms with van der Waals surface area (Å²) in [6.45, 7) is 2.74. The van der Waals surface area contributed by atoms with Crippen molar-refractivity contribution in [3.63, 3.8) is 0 Å². The minimum Gasteiger partial charge on any atom is -0.497 e. The van der Waals surface area contributed by atoms with Crippen LogP contribution in [0.15, 0.2) is 54.6 Å². The number of benzene rings is 2. The molecule has 2 aromatic carbocycles. The van der Waals surface area contributed by atoms with Crippen LogP contribution in [-0.4, -0.2) is 31.1 Å². The first kappa shape index (κ1) is 19.0.